The number of ether oxygens (including phenoxy) is 1. The maximum Gasteiger partial charge on any atom is 0.323 e. The molecule has 8 nitrogen and oxygen atoms in total. The monoisotopic (exact) mass is 413 g/mol. The Morgan fingerprint density at radius 3 is 2.90 bits per heavy atom. The van der Waals surface area contributed by atoms with Gasteiger partial charge in [0.2, 0.25) is 5.54 Å². The van der Waals surface area contributed by atoms with Gasteiger partial charge in [0, 0.05) is 28.8 Å². The number of hydrogen-bond donors (Lipinski definition) is 3. The summed E-state index contributed by atoms with van der Waals surface area (Å²) in [6.45, 7) is 4.91. The predicted octanol–water partition coefficient (Wildman–Crippen LogP) is 1.99. The van der Waals surface area contributed by atoms with Crippen LogP contribution >= 0.6 is 0 Å². The molecule has 3 N–H and O–H groups in total. The van der Waals surface area contributed by atoms with E-state index in [9.17, 15) is 9.59 Å². The van der Waals surface area contributed by atoms with Gasteiger partial charge in [0.05, 0.1) is 25.4 Å². The highest BCUT2D eigenvalue weighted by molar-refractivity contribution is 6.09. The number of aromatic nitrogens is 2. The van der Waals surface area contributed by atoms with Crippen molar-refractivity contribution in [3.8, 4) is 17.6 Å². The minimum Gasteiger partial charge on any atom is -0.497 e. The van der Waals surface area contributed by atoms with E-state index in [1.165, 1.54) is 0 Å². The van der Waals surface area contributed by atoms with E-state index < -0.39 is 17.5 Å². The van der Waals surface area contributed by atoms with Gasteiger partial charge in [-0.2, -0.15) is 5.10 Å². The Balaban J connectivity index is 1.47. The van der Waals surface area contributed by atoms with Crippen LogP contribution in [0, 0.1) is 11.8 Å². The van der Waals surface area contributed by atoms with Crippen molar-refractivity contribution in [2.75, 3.05) is 13.7 Å². The van der Waals surface area contributed by atoms with E-state index in [2.05, 4.69) is 39.3 Å². The first-order valence-electron chi connectivity index (χ1n) is 9.68. The maximum atomic E-state index is 12.8. The van der Waals surface area contributed by atoms with Gasteiger partial charge < -0.3 is 15.0 Å². The number of rotatable bonds is 3. The zero-order valence-electron chi connectivity index (χ0n) is 16.8. The molecule has 1 atom stereocenters. The third-order valence-electron chi connectivity index (χ3n) is 5.60. The van der Waals surface area contributed by atoms with Crippen LogP contribution in [0.25, 0.3) is 16.6 Å². The number of methoxy groups -OCH3 is 1. The first kappa shape index (κ1) is 18.8. The van der Waals surface area contributed by atoms with Crippen molar-refractivity contribution in [2.24, 2.45) is 0 Å². The van der Waals surface area contributed by atoms with Crippen LogP contribution in [0.5, 0.6) is 5.75 Å². The molecule has 0 bridgehead atoms. The second-order valence-corrected chi connectivity index (χ2v) is 7.56. The molecule has 31 heavy (non-hydrogen) atoms. The number of nitrogens with one attached hydrogen (secondary N) is 3. The Kier molecular flexibility index (Phi) is 4.19. The van der Waals surface area contributed by atoms with Crippen LogP contribution in [0.15, 0.2) is 49.2 Å². The van der Waals surface area contributed by atoms with Crippen molar-refractivity contribution >= 4 is 28.5 Å². The van der Waals surface area contributed by atoms with Crippen molar-refractivity contribution in [1.82, 2.24) is 25.7 Å². The molecular weight excluding hydrogens is 394 g/mol. The molecule has 2 aliphatic heterocycles. The van der Waals surface area contributed by atoms with E-state index in [0.29, 0.717) is 6.54 Å². The molecule has 1 aromatic heterocycles. The summed E-state index contributed by atoms with van der Waals surface area (Å²) < 4.78 is 5.31. The number of carbonyl (C=O) groups is 2. The van der Waals surface area contributed by atoms with Crippen LogP contribution in [0.1, 0.15) is 16.7 Å². The highest BCUT2D eigenvalue weighted by Crippen LogP contribution is 2.35. The number of carbonyl (C=O) groups excluding carboxylic acids is 2. The number of nitrogens with zero attached hydrogens (tertiary/aromatic N) is 2. The molecular formula is C23H19N5O3. The van der Waals surface area contributed by atoms with Crippen LogP contribution in [0.3, 0.4) is 0 Å². The molecule has 154 valence electrons. The van der Waals surface area contributed by atoms with E-state index in [-0.39, 0.29) is 6.54 Å². The summed E-state index contributed by atoms with van der Waals surface area (Å²) in [5.74, 6) is 6.32. The zero-order chi connectivity index (χ0) is 21.6. The van der Waals surface area contributed by atoms with Crippen molar-refractivity contribution in [3.63, 3.8) is 0 Å². The van der Waals surface area contributed by atoms with Crippen LogP contribution < -0.4 is 15.4 Å². The van der Waals surface area contributed by atoms with Gasteiger partial charge in [-0.3, -0.25) is 15.2 Å². The second kappa shape index (κ2) is 6.92. The average Bonchev–Trinajstić information content (AvgIpc) is 3.43. The summed E-state index contributed by atoms with van der Waals surface area (Å²) in [5.41, 5.74) is 3.01. The molecule has 2 aliphatic rings. The van der Waals surface area contributed by atoms with Crippen LogP contribution in [-0.4, -0.2) is 46.2 Å². The fraction of sp³-hybridized carbons (Fsp3) is 0.174. The Morgan fingerprint density at radius 1 is 1.26 bits per heavy atom. The third kappa shape index (κ3) is 3.16. The van der Waals surface area contributed by atoms with Gasteiger partial charge in [0.25, 0.3) is 5.91 Å². The maximum absolute atomic E-state index is 12.8. The molecule has 0 spiro atoms. The number of benzene rings is 2. The summed E-state index contributed by atoms with van der Waals surface area (Å²) in [7, 11) is 1.61. The lowest BCUT2D eigenvalue weighted by atomic mass is 9.98. The van der Waals surface area contributed by atoms with Crippen LogP contribution in [0.2, 0.25) is 0 Å². The van der Waals surface area contributed by atoms with Crippen LogP contribution in [-0.2, 0) is 11.3 Å². The molecule has 3 heterocycles. The number of aromatic amines is 1. The van der Waals surface area contributed by atoms with Gasteiger partial charge >= 0.3 is 6.03 Å². The Hall–Kier alpha value is -4.25. The first-order chi connectivity index (χ1) is 15.0. The van der Waals surface area contributed by atoms with E-state index in [0.717, 1.165) is 39.0 Å². The molecule has 5 rings (SSSR count). The van der Waals surface area contributed by atoms with E-state index in [4.69, 9.17) is 4.74 Å². The number of H-pyrrole nitrogens is 1. The molecule has 0 aliphatic carbocycles. The summed E-state index contributed by atoms with van der Waals surface area (Å²) in [4.78, 5) is 26.7. The number of hydrogen-bond acceptors (Lipinski definition) is 5. The van der Waals surface area contributed by atoms with Gasteiger partial charge in [-0.05, 0) is 35.9 Å². The summed E-state index contributed by atoms with van der Waals surface area (Å²) in [5, 5.41) is 12.8. The fourth-order valence-corrected chi connectivity index (χ4v) is 3.93. The molecule has 0 unspecified atom stereocenters. The average molecular weight is 413 g/mol. The number of fused-ring (bicyclic) bond motifs is 2. The molecule has 8 heteroatoms. The number of urea groups is 1. The topological polar surface area (TPSA) is 99.3 Å². The Morgan fingerprint density at radius 2 is 2.13 bits per heavy atom. The fourth-order valence-electron chi connectivity index (χ4n) is 3.93. The van der Waals surface area contributed by atoms with E-state index >= 15 is 0 Å². The lowest BCUT2D eigenvalue weighted by Gasteiger charge is -2.28. The summed E-state index contributed by atoms with van der Waals surface area (Å²) in [6, 6.07) is 10.8. The second-order valence-electron chi connectivity index (χ2n) is 7.56. The number of imide groups is 1. The SMILES string of the molecule is C=C1c2cc(OC)ccc2CN1C[C@@]1(C#Cc2ccc3[nH]ncc3c2)NC(=O)NC1=O. The molecule has 3 amide bonds. The quantitative estimate of drug-likeness (QED) is 0.451. The predicted molar refractivity (Wildman–Crippen MR) is 115 cm³/mol. The lowest BCUT2D eigenvalue weighted by Crippen LogP contribution is -2.53. The minimum absolute atomic E-state index is 0.168. The van der Waals surface area contributed by atoms with Gasteiger partial charge in [0.15, 0.2) is 0 Å². The third-order valence-corrected chi connectivity index (χ3v) is 5.60. The molecule has 1 saturated heterocycles. The van der Waals surface area contributed by atoms with Crippen LogP contribution in [0.4, 0.5) is 4.79 Å². The zero-order valence-corrected chi connectivity index (χ0v) is 16.8. The van der Waals surface area contributed by atoms with E-state index in [1.54, 1.807) is 13.3 Å². The minimum atomic E-state index is -1.39. The van der Waals surface area contributed by atoms with Crippen molar-refractivity contribution in [2.45, 2.75) is 12.1 Å². The molecule has 0 radical (unpaired) electrons. The van der Waals surface area contributed by atoms with Gasteiger partial charge in [0.1, 0.15) is 5.75 Å². The first-order valence-corrected chi connectivity index (χ1v) is 9.68. The number of amides is 3. The summed E-state index contributed by atoms with van der Waals surface area (Å²) >= 11 is 0. The van der Waals surface area contributed by atoms with Crippen molar-refractivity contribution < 1.29 is 14.3 Å². The van der Waals surface area contributed by atoms with Gasteiger partial charge in [-0.15, -0.1) is 0 Å². The normalized spacial score (nSPS) is 19.6. The molecule has 1 fully saturated rings. The summed E-state index contributed by atoms with van der Waals surface area (Å²) in [6.07, 6.45) is 1.71. The van der Waals surface area contributed by atoms with Gasteiger partial charge in [-0.1, -0.05) is 24.5 Å². The largest absolute Gasteiger partial charge is 0.497 e. The molecule has 0 saturated carbocycles. The van der Waals surface area contributed by atoms with Crippen molar-refractivity contribution in [1.29, 1.82) is 0 Å². The van der Waals surface area contributed by atoms with Gasteiger partial charge in [-0.25, -0.2) is 4.79 Å². The van der Waals surface area contributed by atoms with Crippen molar-refractivity contribution in [3.05, 3.63) is 65.9 Å². The molecule has 2 aromatic carbocycles. The Bertz CT molecular complexity index is 1320. The highest BCUT2D eigenvalue weighted by atomic mass is 16.5. The Labute approximate surface area is 178 Å². The smallest absolute Gasteiger partial charge is 0.323 e. The lowest BCUT2D eigenvalue weighted by molar-refractivity contribution is -0.122. The standard InChI is InChI=1S/C23H19N5O3/c1-14-19-10-18(31-2)5-4-16(19)12-28(14)13-23(21(29)25-22(30)26-23)8-7-15-3-6-20-17(9-15)11-24-27-20/h3-6,9-11H,1,12-13H2,2H3,(H,24,27)(H2,25,26,29,30)/t23-/m1/s1. The highest BCUT2D eigenvalue weighted by Gasteiger charge is 2.47. The van der Waals surface area contributed by atoms with E-state index in [1.807, 2.05) is 41.3 Å². The molecule has 3 aromatic rings.